The Balaban J connectivity index is 1.88. The van der Waals surface area contributed by atoms with Gasteiger partial charge in [-0.1, -0.05) is 12.8 Å². The van der Waals surface area contributed by atoms with E-state index in [1.807, 2.05) is 0 Å². The highest BCUT2D eigenvalue weighted by Crippen LogP contribution is 2.30. The number of carboxylic acid groups (broad SMARTS) is 1. The standard InChI is InChI=1S/C13H21NO4/c1-13(12(16)17)8-18-7-10(13)14-11(15)6-9-4-2-3-5-9/h9-10H,2-8H2,1H3,(H,14,15)(H,16,17). The molecule has 1 amide bonds. The zero-order valence-corrected chi connectivity index (χ0v) is 10.8. The molecule has 0 aromatic heterocycles. The molecule has 2 atom stereocenters. The second-order valence-electron chi connectivity index (χ2n) is 5.71. The van der Waals surface area contributed by atoms with Crippen LogP contribution in [0.25, 0.3) is 0 Å². The molecule has 1 aliphatic carbocycles. The Bertz CT molecular complexity index is 338. The Hall–Kier alpha value is -1.10. The Labute approximate surface area is 107 Å². The van der Waals surface area contributed by atoms with Crippen molar-refractivity contribution < 1.29 is 19.4 Å². The van der Waals surface area contributed by atoms with E-state index in [4.69, 9.17) is 4.74 Å². The molecule has 2 N–H and O–H groups in total. The van der Waals surface area contributed by atoms with Crippen LogP contribution in [0.3, 0.4) is 0 Å². The minimum atomic E-state index is -0.995. The molecule has 102 valence electrons. The van der Waals surface area contributed by atoms with Gasteiger partial charge in [0.05, 0.1) is 19.3 Å². The van der Waals surface area contributed by atoms with Crippen molar-refractivity contribution in [3.8, 4) is 0 Å². The van der Waals surface area contributed by atoms with Crippen molar-refractivity contribution in [1.29, 1.82) is 0 Å². The Morgan fingerprint density at radius 2 is 2.06 bits per heavy atom. The molecule has 2 unspecified atom stereocenters. The van der Waals surface area contributed by atoms with Crippen molar-refractivity contribution in [2.45, 2.75) is 45.1 Å². The van der Waals surface area contributed by atoms with Crippen molar-refractivity contribution in [3.63, 3.8) is 0 Å². The smallest absolute Gasteiger partial charge is 0.313 e. The summed E-state index contributed by atoms with van der Waals surface area (Å²) in [6.07, 6.45) is 5.16. The van der Waals surface area contributed by atoms with Crippen molar-refractivity contribution in [3.05, 3.63) is 0 Å². The first kappa shape index (κ1) is 13.3. The molecule has 0 aromatic carbocycles. The first-order valence-corrected chi connectivity index (χ1v) is 6.63. The molecule has 0 spiro atoms. The van der Waals surface area contributed by atoms with Gasteiger partial charge >= 0.3 is 5.97 Å². The van der Waals surface area contributed by atoms with E-state index in [2.05, 4.69) is 5.32 Å². The van der Waals surface area contributed by atoms with Gasteiger partial charge in [-0.15, -0.1) is 0 Å². The Morgan fingerprint density at radius 3 is 2.67 bits per heavy atom. The number of carbonyl (C=O) groups is 2. The maximum absolute atomic E-state index is 11.9. The van der Waals surface area contributed by atoms with E-state index < -0.39 is 17.4 Å². The topological polar surface area (TPSA) is 75.6 Å². The average Bonchev–Trinajstić information content (AvgIpc) is 2.90. The molecule has 2 rings (SSSR count). The van der Waals surface area contributed by atoms with Crippen LogP contribution in [0.4, 0.5) is 0 Å². The number of hydrogen-bond donors (Lipinski definition) is 2. The van der Waals surface area contributed by atoms with E-state index in [1.54, 1.807) is 6.92 Å². The Morgan fingerprint density at radius 1 is 1.39 bits per heavy atom. The minimum Gasteiger partial charge on any atom is -0.481 e. The Kier molecular flexibility index (Phi) is 3.90. The number of hydrogen-bond acceptors (Lipinski definition) is 3. The molecular weight excluding hydrogens is 234 g/mol. The van der Waals surface area contributed by atoms with Crippen LogP contribution in [-0.2, 0) is 14.3 Å². The van der Waals surface area contributed by atoms with E-state index in [0.717, 1.165) is 12.8 Å². The van der Waals surface area contributed by atoms with E-state index in [0.29, 0.717) is 18.9 Å². The summed E-state index contributed by atoms with van der Waals surface area (Å²) in [5, 5.41) is 12.0. The summed E-state index contributed by atoms with van der Waals surface area (Å²) >= 11 is 0. The molecular formula is C13H21NO4. The predicted molar refractivity (Wildman–Crippen MR) is 65.1 cm³/mol. The van der Waals surface area contributed by atoms with Crippen molar-refractivity contribution in [1.82, 2.24) is 5.32 Å². The summed E-state index contributed by atoms with van der Waals surface area (Å²) in [5.74, 6) is -0.473. The summed E-state index contributed by atoms with van der Waals surface area (Å²) in [5.41, 5.74) is -0.995. The molecule has 1 heterocycles. The van der Waals surface area contributed by atoms with Crippen LogP contribution in [0, 0.1) is 11.3 Å². The maximum Gasteiger partial charge on any atom is 0.313 e. The zero-order valence-electron chi connectivity index (χ0n) is 10.8. The van der Waals surface area contributed by atoms with Crippen LogP contribution in [0.2, 0.25) is 0 Å². The molecule has 0 bridgehead atoms. The van der Waals surface area contributed by atoms with Crippen LogP contribution in [-0.4, -0.2) is 36.2 Å². The van der Waals surface area contributed by atoms with Gasteiger partial charge < -0.3 is 15.2 Å². The lowest BCUT2D eigenvalue weighted by atomic mass is 9.85. The SMILES string of the molecule is CC1(C(=O)O)COCC1NC(=O)CC1CCCC1. The summed E-state index contributed by atoms with van der Waals surface area (Å²) in [7, 11) is 0. The highest BCUT2D eigenvalue weighted by atomic mass is 16.5. The number of nitrogens with one attached hydrogen (secondary N) is 1. The summed E-state index contributed by atoms with van der Waals surface area (Å²) in [6, 6.07) is -0.413. The zero-order chi connectivity index (χ0) is 13.2. The van der Waals surface area contributed by atoms with E-state index in [9.17, 15) is 14.7 Å². The monoisotopic (exact) mass is 255 g/mol. The number of rotatable bonds is 4. The number of aliphatic carboxylic acids is 1. The highest BCUT2D eigenvalue weighted by molar-refractivity contribution is 5.80. The lowest BCUT2D eigenvalue weighted by Crippen LogP contribution is -2.49. The van der Waals surface area contributed by atoms with Crippen LogP contribution >= 0.6 is 0 Å². The first-order chi connectivity index (χ1) is 8.52. The predicted octanol–water partition coefficient (Wildman–Crippen LogP) is 1.17. The number of ether oxygens (including phenoxy) is 1. The van der Waals surface area contributed by atoms with Crippen LogP contribution in [0.15, 0.2) is 0 Å². The summed E-state index contributed by atoms with van der Waals surface area (Å²) < 4.78 is 5.21. The molecule has 5 nitrogen and oxygen atoms in total. The molecule has 1 saturated carbocycles. The fraction of sp³-hybridized carbons (Fsp3) is 0.846. The van der Waals surface area contributed by atoms with E-state index in [-0.39, 0.29) is 12.5 Å². The molecule has 5 heteroatoms. The molecule has 0 aromatic rings. The third-order valence-electron chi connectivity index (χ3n) is 4.23. The van der Waals surface area contributed by atoms with E-state index >= 15 is 0 Å². The van der Waals surface area contributed by atoms with Crippen LogP contribution in [0.5, 0.6) is 0 Å². The van der Waals surface area contributed by atoms with Crippen LogP contribution < -0.4 is 5.32 Å². The van der Waals surface area contributed by atoms with Gasteiger partial charge in [0.25, 0.3) is 0 Å². The lowest BCUT2D eigenvalue weighted by Gasteiger charge is -2.25. The lowest BCUT2D eigenvalue weighted by molar-refractivity contribution is -0.149. The number of amides is 1. The highest BCUT2D eigenvalue weighted by Gasteiger charge is 2.47. The van der Waals surface area contributed by atoms with Gasteiger partial charge in [0.2, 0.25) is 5.91 Å². The number of carboxylic acids is 1. The minimum absolute atomic E-state index is 0.0372. The van der Waals surface area contributed by atoms with Crippen molar-refractivity contribution in [2.24, 2.45) is 11.3 Å². The van der Waals surface area contributed by atoms with Crippen LogP contribution in [0.1, 0.15) is 39.0 Å². The maximum atomic E-state index is 11.9. The second kappa shape index (κ2) is 5.26. The van der Waals surface area contributed by atoms with E-state index in [1.165, 1.54) is 12.8 Å². The third-order valence-corrected chi connectivity index (χ3v) is 4.23. The second-order valence-corrected chi connectivity index (χ2v) is 5.71. The average molecular weight is 255 g/mol. The fourth-order valence-corrected chi connectivity index (χ4v) is 2.81. The summed E-state index contributed by atoms with van der Waals surface area (Å²) in [6.45, 7) is 2.08. The van der Waals surface area contributed by atoms with Gasteiger partial charge in [0.1, 0.15) is 5.41 Å². The van der Waals surface area contributed by atoms with Gasteiger partial charge in [0.15, 0.2) is 0 Å². The fourth-order valence-electron chi connectivity index (χ4n) is 2.81. The summed E-state index contributed by atoms with van der Waals surface area (Å²) in [4.78, 5) is 23.1. The largest absolute Gasteiger partial charge is 0.481 e. The molecule has 2 aliphatic rings. The van der Waals surface area contributed by atoms with Crippen molar-refractivity contribution >= 4 is 11.9 Å². The van der Waals surface area contributed by atoms with Gasteiger partial charge in [-0.3, -0.25) is 9.59 Å². The first-order valence-electron chi connectivity index (χ1n) is 6.63. The molecule has 0 radical (unpaired) electrons. The normalized spacial score (nSPS) is 32.6. The van der Waals surface area contributed by atoms with Gasteiger partial charge in [0, 0.05) is 6.42 Å². The number of carbonyl (C=O) groups excluding carboxylic acids is 1. The van der Waals surface area contributed by atoms with Gasteiger partial charge in [-0.25, -0.2) is 0 Å². The van der Waals surface area contributed by atoms with Crippen molar-refractivity contribution in [2.75, 3.05) is 13.2 Å². The molecule has 2 fully saturated rings. The van der Waals surface area contributed by atoms with Gasteiger partial charge in [-0.05, 0) is 25.7 Å². The van der Waals surface area contributed by atoms with Gasteiger partial charge in [-0.2, -0.15) is 0 Å². The molecule has 1 saturated heterocycles. The molecule has 18 heavy (non-hydrogen) atoms. The third kappa shape index (κ3) is 2.66. The quantitative estimate of drug-likeness (QED) is 0.790. The molecule has 1 aliphatic heterocycles.